The van der Waals surface area contributed by atoms with Crippen LogP contribution in [0.2, 0.25) is 0 Å². The smallest absolute Gasteiger partial charge is 0.306 e. The molecule has 0 saturated carbocycles. The summed E-state index contributed by atoms with van der Waals surface area (Å²) in [7, 11) is 1.79. The van der Waals surface area contributed by atoms with Gasteiger partial charge in [0.15, 0.2) is 6.61 Å². The minimum Gasteiger partial charge on any atom is -0.489 e. The molecule has 0 unspecified atom stereocenters. The minimum atomic E-state index is -0.549. The normalized spacial score (nSPS) is 10.7. The molecule has 4 rings (SSSR count). The molecule has 0 radical (unpaired) electrons. The summed E-state index contributed by atoms with van der Waals surface area (Å²) in [5.74, 6) is 0.152. The van der Waals surface area contributed by atoms with Crippen LogP contribution in [0.25, 0.3) is 10.9 Å². The van der Waals surface area contributed by atoms with E-state index in [0.29, 0.717) is 29.3 Å². The van der Waals surface area contributed by atoms with Crippen LogP contribution in [0, 0.1) is 0 Å². The number of nitrogens with one attached hydrogen (secondary N) is 1. The number of rotatable bonds is 9. The highest BCUT2D eigenvalue weighted by molar-refractivity contribution is 5.92. The molecule has 0 atom stereocenters. The first-order chi connectivity index (χ1) is 17.0. The van der Waals surface area contributed by atoms with Crippen LogP contribution in [0.15, 0.2) is 83.7 Å². The lowest BCUT2D eigenvalue weighted by atomic mass is 10.2. The first-order valence-corrected chi connectivity index (χ1v) is 11.2. The quantitative estimate of drug-likeness (QED) is 0.374. The van der Waals surface area contributed by atoms with Gasteiger partial charge in [-0.25, -0.2) is 0 Å². The van der Waals surface area contributed by atoms with Gasteiger partial charge >= 0.3 is 5.97 Å². The Balaban J connectivity index is 1.22. The third-order valence-electron chi connectivity index (χ3n) is 5.42. The molecule has 1 amide bonds. The zero-order chi connectivity index (χ0) is 24.6. The number of amides is 1. The van der Waals surface area contributed by atoms with Crippen molar-refractivity contribution in [3.05, 3.63) is 101 Å². The van der Waals surface area contributed by atoms with Gasteiger partial charge in [0, 0.05) is 19.2 Å². The molecule has 1 aromatic heterocycles. The van der Waals surface area contributed by atoms with Crippen LogP contribution in [-0.4, -0.2) is 28.0 Å². The molecule has 8 heteroatoms. The van der Waals surface area contributed by atoms with Gasteiger partial charge < -0.3 is 19.4 Å². The van der Waals surface area contributed by atoms with Gasteiger partial charge in [0.2, 0.25) is 0 Å². The summed E-state index contributed by atoms with van der Waals surface area (Å²) < 4.78 is 12.6. The van der Waals surface area contributed by atoms with Crippen molar-refractivity contribution in [2.45, 2.75) is 19.4 Å². The number of carbonyl (C=O) groups excluding carboxylic acids is 2. The van der Waals surface area contributed by atoms with E-state index in [2.05, 4.69) is 10.3 Å². The fraction of sp³-hybridized carbons (Fsp3) is 0.185. The summed E-state index contributed by atoms with van der Waals surface area (Å²) in [6.45, 7) is 0.0422. The highest BCUT2D eigenvalue weighted by Crippen LogP contribution is 2.17. The SMILES string of the molecule is Cn1c(CCC(=O)OCC(=O)Nc2ccc(OCc3ccccc3)cc2)nc(=O)c2ccccc21. The molecule has 0 aliphatic carbocycles. The van der Waals surface area contributed by atoms with E-state index in [1.807, 2.05) is 42.5 Å². The van der Waals surface area contributed by atoms with Gasteiger partial charge in [-0.05, 0) is 42.0 Å². The molecule has 3 aromatic carbocycles. The number of hydrogen-bond donors (Lipinski definition) is 1. The number of esters is 1. The van der Waals surface area contributed by atoms with Crippen molar-refractivity contribution >= 4 is 28.5 Å². The Morgan fingerprint density at radius 1 is 0.943 bits per heavy atom. The third kappa shape index (κ3) is 6.32. The number of hydrogen-bond acceptors (Lipinski definition) is 6. The van der Waals surface area contributed by atoms with Gasteiger partial charge in [0.1, 0.15) is 18.2 Å². The number of carbonyl (C=O) groups is 2. The van der Waals surface area contributed by atoms with Gasteiger partial charge in [0.05, 0.1) is 17.3 Å². The van der Waals surface area contributed by atoms with E-state index < -0.39 is 18.5 Å². The Hall–Kier alpha value is -4.46. The maximum absolute atomic E-state index is 12.2. The number of para-hydroxylation sites is 1. The Kier molecular flexibility index (Phi) is 7.52. The van der Waals surface area contributed by atoms with Crippen LogP contribution < -0.4 is 15.6 Å². The van der Waals surface area contributed by atoms with Crippen LogP contribution >= 0.6 is 0 Å². The van der Waals surface area contributed by atoms with Gasteiger partial charge in [-0.1, -0.05) is 42.5 Å². The fourth-order valence-electron chi connectivity index (χ4n) is 3.57. The number of nitrogens with zero attached hydrogens (tertiary/aromatic N) is 2. The Morgan fingerprint density at radius 3 is 2.43 bits per heavy atom. The lowest BCUT2D eigenvalue weighted by Crippen LogP contribution is -2.22. The molecule has 35 heavy (non-hydrogen) atoms. The highest BCUT2D eigenvalue weighted by Gasteiger charge is 2.12. The van der Waals surface area contributed by atoms with E-state index in [4.69, 9.17) is 9.47 Å². The van der Waals surface area contributed by atoms with Crippen LogP contribution in [0.3, 0.4) is 0 Å². The zero-order valence-corrected chi connectivity index (χ0v) is 19.3. The lowest BCUT2D eigenvalue weighted by Gasteiger charge is -2.11. The van der Waals surface area contributed by atoms with E-state index in [0.717, 1.165) is 11.1 Å². The average molecular weight is 472 g/mol. The molecule has 178 valence electrons. The van der Waals surface area contributed by atoms with E-state index in [1.54, 1.807) is 48.0 Å². The van der Waals surface area contributed by atoms with Crippen molar-refractivity contribution < 1.29 is 19.1 Å². The first kappa shape index (κ1) is 23.7. The standard InChI is InChI=1S/C27H25N3O5/c1-30-23-10-6-5-9-22(23)27(33)29-24(30)15-16-26(32)35-18-25(31)28-20-11-13-21(14-12-20)34-17-19-7-3-2-4-8-19/h2-14H,15-18H2,1H3,(H,28,31). The van der Waals surface area contributed by atoms with Crippen LogP contribution in [0.5, 0.6) is 5.75 Å². The van der Waals surface area contributed by atoms with Crippen molar-refractivity contribution in [2.75, 3.05) is 11.9 Å². The van der Waals surface area contributed by atoms with Crippen LogP contribution in [0.4, 0.5) is 5.69 Å². The molecule has 0 aliphatic heterocycles. The lowest BCUT2D eigenvalue weighted by molar-refractivity contribution is -0.147. The molecule has 4 aromatic rings. The second-order valence-corrected chi connectivity index (χ2v) is 7.92. The van der Waals surface area contributed by atoms with E-state index in [-0.39, 0.29) is 18.4 Å². The predicted molar refractivity (Wildman–Crippen MR) is 132 cm³/mol. The first-order valence-electron chi connectivity index (χ1n) is 11.2. The number of fused-ring (bicyclic) bond motifs is 1. The van der Waals surface area contributed by atoms with Crippen LogP contribution in [0.1, 0.15) is 17.8 Å². The summed E-state index contributed by atoms with van der Waals surface area (Å²) in [4.78, 5) is 40.6. The summed E-state index contributed by atoms with van der Waals surface area (Å²) >= 11 is 0. The highest BCUT2D eigenvalue weighted by atomic mass is 16.5. The molecule has 8 nitrogen and oxygen atoms in total. The molecular weight excluding hydrogens is 446 g/mol. The summed E-state index contributed by atoms with van der Waals surface area (Å²) in [5, 5.41) is 3.20. The summed E-state index contributed by atoms with van der Waals surface area (Å²) in [6, 6.07) is 23.9. The molecule has 0 fully saturated rings. The predicted octanol–water partition coefficient (Wildman–Crippen LogP) is 3.63. The molecule has 0 saturated heterocycles. The maximum atomic E-state index is 12.2. The van der Waals surface area contributed by atoms with E-state index >= 15 is 0 Å². The number of ether oxygens (including phenoxy) is 2. The summed E-state index contributed by atoms with van der Waals surface area (Å²) in [5.41, 5.74) is 2.03. The van der Waals surface area contributed by atoms with Crippen molar-refractivity contribution in [3.63, 3.8) is 0 Å². The molecule has 0 aliphatic rings. The topological polar surface area (TPSA) is 99.5 Å². The Bertz CT molecular complexity index is 1380. The van der Waals surface area contributed by atoms with E-state index in [9.17, 15) is 14.4 Å². The summed E-state index contributed by atoms with van der Waals surface area (Å²) in [6.07, 6.45) is 0.223. The second kappa shape index (κ2) is 11.1. The largest absolute Gasteiger partial charge is 0.489 e. The Labute approximate surface area is 202 Å². The van der Waals surface area contributed by atoms with Gasteiger partial charge in [-0.2, -0.15) is 4.98 Å². The van der Waals surface area contributed by atoms with Crippen molar-refractivity contribution in [1.82, 2.24) is 9.55 Å². The molecule has 0 bridgehead atoms. The molecule has 1 heterocycles. The number of anilines is 1. The van der Waals surface area contributed by atoms with Crippen LogP contribution in [-0.2, 0) is 34.4 Å². The van der Waals surface area contributed by atoms with Gasteiger partial charge in [-0.3, -0.25) is 14.4 Å². The van der Waals surface area contributed by atoms with Gasteiger partial charge in [0.25, 0.3) is 11.5 Å². The van der Waals surface area contributed by atoms with Crippen molar-refractivity contribution in [3.8, 4) is 5.75 Å². The minimum absolute atomic E-state index is 0.000644. The Morgan fingerprint density at radius 2 is 1.66 bits per heavy atom. The van der Waals surface area contributed by atoms with Gasteiger partial charge in [-0.15, -0.1) is 0 Å². The molecule has 0 spiro atoms. The second-order valence-electron chi connectivity index (χ2n) is 7.92. The number of aromatic nitrogens is 2. The number of benzene rings is 3. The fourth-order valence-corrected chi connectivity index (χ4v) is 3.57. The van der Waals surface area contributed by atoms with Crippen molar-refractivity contribution in [2.24, 2.45) is 7.05 Å². The third-order valence-corrected chi connectivity index (χ3v) is 5.42. The number of aryl methyl sites for hydroxylation is 2. The maximum Gasteiger partial charge on any atom is 0.306 e. The monoisotopic (exact) mass is 471 g/mol. The zero-order valence-electron chi connectivity index (χ0n) is 19.3. The average Bonchev–Trinajstić information content (AvgIpc) is 2.89. The molecular formula is C27H25N3O5. The van der Waals surface area contributed by atoms with Crippen molar-refractivity contribution in [1.29, 1.82) is 0 Å². The molecule has 1 N–H and O–H groups in total. The van der Waals surface area contributed by atoms with E-state index in [1.165, 1.54) is 0 Å².